The van der Waals surface area contributed by atoms with Crippen LogP contribution in [0.1, 0.15) is 30.7 Å². The van der Waals surface area contributed by atoms with Crippen molar-refractivity contribution in [1.82, 2.24) is 9.97 Å². The van der Waals surface area contributed by atoms with Crippen molar-refractivity contribution in [3.8, 4) is 0 Å². The monoisotopic (exact) mass is 442 g/mol. The largest absolute Gasteiger partial charge is 0.481 e. The van der Waals surface area contributed by atoms with E-state index in [4.69, 9.17) is 10.1 Å². The molecule has 33 heavy (non-hydrogen) atoms. The van der Waals surface area contributed by atoms with Crippen molar-refractivity contribution in [2.45, 2.75) is 24.8 Å². The fourth-order valence-electron chi connectivity index (χ4n) is 4.47. The fraction of sp³-hybridized carbons (Fsp3) is 0.200. The van der Waals surface area contributed by atoms with Crippen molar-refractivity contribution in [2.24, 2.45) is 15.9 Å². The number of H-pyrrole nitrogens is 2. The van der Waals surface area contributed by atoms with Crippen LogP contribution in [0, 0.1) is 5.92 Å². The van der Waals surface area contributed by atoms with Crippen molar-refractivity contribution >= 4 is 41.6 Å². The molecule has 2 unspecified atom stereocenters. The van der Waals surface area contributed by atoms with Crippen LogP contribution in [0.4, 0.5) is 0 Å². The maximum absolute atomic E-state index is 12.2. The van der Waals surface area contributed by atoms with Gasteiger partial charge in [-0.3, -0.25) is 19.6 Å². The molecule has 8 bridgehead atoms. The molecule has 0 amide bonds. The predicted molar refractivity (Wildman–Crippen MR) is 125 cm³/mol. The van der Waals surface area contributed by atoms with Gasteiger partial charge in [0.1, 0.15) is 0 Å². The molecule has 5 heterocycles. The molecule has 2 aromatic heterocycles. The summed E-state index contributed by atoms with van der Waals surface area (Å²) < 4.78 is 0. The van der Waals surface area contributed by atoms with E-state index in [-0.39, 0.29) is 19.3 Å². The van der Waals surface area contributed by atoms with Crippen LogP contribution >= 0.6 is 0 Å². The maximum Gasteiger partial charge on any atom is 0.309 e. The first-order chi connectivity index (χ1) is 15.9. The van der Waals surface area contributed by atoms with E-state index < -0.39 is 23.4 Å². The van der Waals surface area contributed by atoms with Gasteiger partial charge in [0.25, 0.3) is 0 Å². The number of carboxylic acid groups (broad SMARTS) is 2. The molecule has 2 aromatic rings. The molecule has 0 saturated heterocycles. The summed E-state index contributed by atoms with van der Waals surface area (Å²) in [6.45, 7) is 0. The van der Waals surface area contributed by atoms with Gasteiger partial charge in [0.05, 0.1) is 22.9 Å². The number of fused-ring (bicyclic) bond motifs is 6. The number of rotatable bonds is 5. The van der Waals surface area contributed by atoms with E-state index in [0.717, 1.165) is 27.8 Å². The van der Waals surface area contributed by atoms with Gasteiger partial charge in [-0.2, -0.15) is 0 Å². The summed E-state index contributed by atoms with van der Waals surface area (Å²) in [6, 6.07) is 7.85. The summed E-state index contributed by atoms with van der Waals surface area (Å²) >= 11 is 0. The Bertz CT molecular complexity index is 1420. The zero-order valence-corrected chi connectivity index (χ0v) is 17.7. The van der Waals surface area contributed by atoms with Gasteiger partial charge in [0.15, 0.2) is 0 Å². The van der Waals surface area contributed by atoms with Crippen LogP contribution in [0.3, 0.4) is 0 Å². The molecule has 8 nitrogen and oxygen atoms in total. The minimum Gasteiger partial charge on any atom is -0.481 e. The van der Waals surface area contributed by atoms with Gasteiger partial charge < -0.3 is 20.2 Å². The van der Waals surface area contributed by atoms with E-state index in [2.05, 4.69) is 15.0 Å². The number of allylic oxidation sites excluding steroid dienone is 3. The molecular weight excluding hydrogens is 420 g/mol. The first kappa shape index (κ1) is 20.7. The van der Waals surface area contributed by atoms with Crippen LogP contribution in [0.5, 0.6) is 0 Å². The molecule has 3 aliphatic heterocycles. The number of aromatic nitrogens is 2. The average molecular weight is 442 g/mol. The molecular formula is C25H22N4O4. The van der Waals surface area contributed by atoms with Crippen LogP contribution in [0.25, 0.3) is 18.2 Å². The molecule has 166 valence electrons. The lowest BCUT2D eigenvalue weighted by molar-refractivity contribution is -0.144. The van der Waals surface area contributed by atoms with Crippen molar-refractivity contribution in [3.05, 3.63) is 76.4 Å². The molecule has 2 atom stereocenters. The van der Waals surface area contributed by atoms with E-state index in [1.165, 1.54) is 0 Å². The highest BCUT2D eigenvalue weighted by atomic mass is 16.4. The van der Waals surface area contributed by atoms with E-state index in [1.54, 1.807) is 12.2 Å². The second kappa shape index (κ2) is 8.05. The van der Waals surface area contributed by atoms with Gasteiger partial charge in [-0.1, -0.05) is 6.08 Å². The summed E-state index contributed by atoms with van der Waals surface area (Å²) in [5, 5.41) is 20.9. The van der Waals surface area contributed by atoms with Gasteiger partial charge >= 0.3 is 11.9 Å². The summed E-state index contributed by atoms with van der Waals surface area (Å²) in [5.74, 6) is -3.11. The molecule has 0 radical (unpaired) electrons. The highest BCUT2D eigenvalue weighted by Crippen LogP contribution is 2.37. The fourth-order valence-corrected chi connectivity index (χ4v) is 4.47. The number of carboxylic acids is 2. The van der Waals surface area contributed by atoms with E-state index >= 15 is 0 Å². The second-order valence-electron chi connectivity index (χ2n) is 8.39. The van der Waals surface area contributed by atoms with Crippen molar-refractivity contribution in [1.29, 1.82) is 0 Å². The lowest BCUT2D eigenvalue weighted by atomic mass is 9.78. The lowest BCUT2D eigenvalue weighted by Crippen LogP contribution is -2.40. The number of hydrogen-bond acceptors (Lipinski definition) is 4. The zero-order valence-electron chi connectivity index (χ0n) is 17.7. The third-order valence-corrected chi connectivity index (χ3v) is 5.99. The third kappa shape index (κ3) is 4.27. The minimum absolute atomic E-state index is 0.0294. The summed E-state index contributed by atoms with van der Waals surface area (Å²) in [6.07, 6.45) is 13.1. The van der Waals surface area contributed by atoms with E-state index in [0.29, 0.717) is 11.4 Å². The standard InChI is InChI=1S/C25H22N4O4/c30-23(31)8-7-22(24(32)33)25-10-9-20(29-25)13-19-4-3-16(27-19)11-15-1-2-17(26-15)12-18-5-6-21(14-25)28-18/h1-6,9-13,22,26-27H,7-8,14H2,(H,30,31)(H,32,33). The van der Waals surface area contributed by atoms with Gasteiger partial charge in [-0.25, -0.2) is 0 Å². The Kier molecular flexibility index (Phi) is 5.05. The van der Waals surface area contributed by atoms with E-state index in [9.17, 15) is 14.7 Å². The van der Waals surface area contributed by atoms with Crippen LogP contribution in [-0.2, 0) is 9.59 Å². The Morgan fingerprint density at radius 3 is 2.48 bits per heavy atom. The quantitative estimate of drug-likeness (QED) is 0.564. The Labute approximate surface area is 188 Å². The van der Waals surface area contributed by atoms with Crippen LogP contribution < -0.4 is 10.7 Å². The van der Waals surface area contributed by atoms with E-state index in [1.807, 2.05) is 54.6 Å². The molecule has 8 heteroatoms. The molecule has 0 aromatic carbocycles. The Hall–Kier alpha value is -4.20. The number of aromatic amines is 2. The van der Waals surface area contributed by atoms with Gasteiger partial charge in [-0.15, -0.1) is 0 Å². The first-order valence-electron chi connectivity index (χ1n) is 10.7. The number of nitrogens with zero attached hydrogens (tertiary/aromatic N) is 2. The molecule has 0 aliphatic carbocycles. The van der Waals surface area contributed by atoms with Crippen LogP contribution in [-0.4, -0.2) is 49.1 Å². The van der Waals surface area contributed by atoms with Crippen LogP contribution in [0.2, 0.25) is 0 Å². The third-order valence-electron chi connectivity index (χ3n) is 5.99. The number of aliphatic carboxylic acids is 2. The summed E-state index contributed by atoms with van der Waals surface area (Å²) in [4.78, 5) is 39.6. The number of hydrogen-bond donors (Lipinski definition) is 4. The van der Waals surface area contributed by atoms with Crippen molar-refractivity contribution < 1.29 is 19.8 Å². The minimum atomic E-state index is -1.12. The Morgan fingerprint density at radius 1 is 0.970 bits per heavy atom. The molecule has 0 saturated carbocycles. The number of aliphatic imine (C=N–C) groups is 2. The number of carbonyl (C=O) groups is 2. The topological polar surface area (TPSA) is 131 Å². The molecule has 0 fully saturated rings. The lowest BCUT2D eigenvalue weighted by Gasteiger charge is -2.30. The van der Waals surface area contributed by atoms with Gasteiger partial charge in [0, 0.05) is 40.6 Å². The van der Waals surface area contributed by atoms with Gasteiger partial charge in [-0.05, 0) is 67.1 Å². The smallest absolute Gasteiger partial charge is 0.309 e. The Morgan fingerprint density at radius 2 is 1.73 bits per heavy atom. The normalized spacial score (nSPS) is 21.5. The highest BCUT2D eigenvalue weighted by molar-refractivity contribution is 6.19. The first-order valence-corrected chi connectivity index (χ1v) is 10.7. The average Bonchev–Trinajstić information content (AvgIpc) is 3.53. The zero-order chi connectivity index (χ0) is 23.0. The molecule has 4 N–H and O–H groups in total. The summed E-state index contributed by atoms with van der Waals surface area (Å²) in [5.41, 5.74) is 2.80. The van der Waals surface area contributed by atoms with Gasteiger partial charge in [0.2, 0.25) is 0 Å². The number of nitrogens with one attached hydrogen (secondary N) is 2. The predicted octanol–water partition coefficient (Wildman–Crippen LogP) is 2.02. The van der Waals surface area contributed by atoms with Crippen molar-refractivity contribution in [2.75, 3.05) is 0 Å². The Balaban J connectivity index is 1.65. The molecule has 0 spiro atoms. The SMILES string of the molecule is O=C(O)CCC(C(=O)O)C12C=CC(=N1)C=c1ccc([nH]1)=Cc1ccc([nH]1)C=C1C=CC(=N1)C2. The van der Waals surface area contributed by atoms with Crippen LogP contribution in [0.15, 0.2) is 64.3 Å². The molecule has 5 rings (SSSR count). The second-order valence-corrected chi connectivity index (χ2v) is 8.39. The highest BCUT2D eigenvalue weighted by Gasteiger charge is 2.44. The summed E-state index contributed by atoms with van der Waals surface area (Å²) in [7, 11) is 0. The maximum atomic E-state index is 12.2. The molecule has 3 aliphatic rings. The van der Waals surface area contributed by atoms with Crippen molar-refractivity contribution in [3.63, 3.8) is 0 Å².